The molecule has 1 aliphatic rings. The SMILES string of the molecule is COc1cc(C)nc(CNC(C)C2CCOC2)c1. The van der Waals surface area contributed by atoms with Crippen LogP contribution in [0.5, 0.6) is 5.75 Å². The lowest BCUT2D eigenvalue weighted by atomic mass is 10.0. The van der Waals surface area contributed by atoms with Gasteiger partial charge in [-0.1, -0.05) is 0 Å². The number of rotatable bonds is 5. The standard InChI is InChI=1S/C14H22N2O2/c1-10-6-14(17-3)7-13(16-10)8-15-11(2)12-4-5-18-9-12/h6-7,11-12,15H,4-5,8-9H2,1-3H3. The largest absolute Gasteiger partial charge is 0.497 e. The summed E-state index contributed by atoms with van der Waals surface area (Å²) in [5, 5.41) is 3.52. The van der Waals surface area contributed by atoms with Crippen LogP contribution in [0.2, 0.25) is 0 Å². The minimum atomic E-state index is 0.459. The molecule has 0 aromatic carbocycles. The van der Waals surface area contributed by atoms with E-state index in [4.69, 9.17) is 9.47 Å². The van der Waals surface area contributed by atoms with Gasteiger partial charge in [0.25, 0.3) is 0 Å². The summed E-state index contributed by atoms with van der Waals surface area (Å²) in [5.74, 6) is 1.49. The van der Waals surface area contributed by atoms with Gasteiger partial charge in [0, 0.05) is 37.0 Å². The minimum absolute atomic E-state index is 0.459. The van der Waals surface area contributed by atoms with E-state index >= 15 is 0 Å². The monoisotopic (exact) mass is 250 g/mol. The molecule has 1 aromatic heterocycles. The average Bonchev–Trinajstić information content (AvgIpc) is 2.89. The number of aryl methyl sites for hydroxylation is 1. The molecule has 18 heavy (non-hydrogen) atoms. The fourth-order valence-electron chi connectivity index (χ4n) is 2.29. The normalized spacial score (nSPS) is 20.9. The molecule has 1 N–H and O–H groups in total. The van der Waals surface area contributed by atoms with Crippen LogP contribution in [0.4, 0.5) is 0 Å². The van der Waals surface area contributed by atoms with Gasteiger partial charge in [0.15, 0.2) is 0 Å². The number of ether oxygens (including phenoxy) is 2. The second-order valence-corrected chi connectivity index (χ2v) is 4.93. The van der Waals surface area contributed by atoms with E-state index in [1.165, 1.54) is 0 Å². The molecule has 0 spiro atoms. The van der Waals surface area contributed by atoms with E-state index < -0.39 is 0 Å². The highest BCUT2D eigenvalue weighted by molar-refractivity contribution is 5.26. The fourth-order valence-corrected chi connectivity index (χ4v) is 2.29. The van der Waals surface area contributed by atoms with E-state index in [9.17, 15) is 0 Å². The molecule has 2 rings (SSSR count). The Morgan fingerprint density at radius 1 is 1.56 bits per heavy atom. The van der Waals surface area contributed by atoms with Gasteiger partial charge < -0.3 is 14.8 Å². The number of hydrogen-bond donors (Lipinski definition) is 1. The van der Waals surface area contributed by atoms with Crippen molar-refractivity contribution in [1.82, 2.24) is 10.3 Å². The second kappa shape index (κ2) is 6.16. The van der Waals surface area contributed by atoms with Gasteiger partial charge in [-0.3, -0.25) is 4.98 Å². The van der Waals surface area contributed by atoms with Gasteiger partial charge >= 0.3 is 0 Å². The first-order valence-corrected chi connectivity index (χ1v) is 6.51. The molecule has 2 heterocycles. The highest BCUT2D eigenvalue weighted by atomic mass is 16.5. The summed E-state index contributed by atoms with van der Waals surface area (Å²) in [6.07, 6.45) is 1.15. The van der Waals surface area contributed by atoms with E-state index in [-0.39, 0.29) is 0 Å². The predicted molar refractivity (Wildman–Crippen MR) is 70.8 cm³/mol. The minimum Gasteiger partial charge on any atom is -0.497 e. The van der Waals surface area contributed by atoms with Crippen molar-refractivity contribution in [2.24, 2.45) is 5.92 Å². The molecule has 1 aromatic rings. The Balaban J connectivity index is 1.90. The van der Waals surface area contributed by atoms with Crippen LogP contribution in [-0.4, -0.2) is 31.3 Å². The highest BCUT2D eigenvalue weighted by Crippen LogP contribution is 2.17. The molecular weight excluding hydrogens is 228 g/mol. The Kier molecular flexibility index (Phi) is 4.55. The number of aromatic nitrogens is 1. The lowest BCUT2D eigenvalue weighted by Gasteiger charge is -2.19. The Morgan fingerprint density at radius 2 is 2.39 bits per heavy atom. The highest BCUT2D eigenvalue weighted by Gasteiger charge is 2.21. The van der Waals surface area contributed by atoms with Crippen molar-refractivity contribution >= 4 is 0 Å². The zero-order valence-corrected chi connectivity index (χ0v) is 11.4. The molecule has 2 unspecified atom stereocenters. The third kappa shape index (κ3) is 3.43. The summed E-state index contributed by atoms with van der Waals surface area (Å²) in [5.41, 5.74) is 2.01. The first kappa shape index (κ1) is 13.3. The van der Waals surface area contributed by atoms with Crippen molar-refractivity contribution in [1.29, 1.82) is 0 Å². The molecule has 1 aliphatic heterocycles. The first-order chi connectivity index (χ1) is 8.69. The first-order valence-electron chi connectivity index (χ1n) is 6.51. The number of nitrogens with one attached hydrogen (secondary N) is 1. The van der Waals surface area contributed by atoms with E-state index in [0.717, 1.165) is 43.3 Å². The molecule has 0 radical (unpaired) electrons. The zero-order valence-electron chi connectivity index (χ0n) is 11.4. The van der Waals surface area contributed by atoms with Gasteiger partial charge in [-0.2, -0.15) is 0 Å². The average molecular weight is 250 g/mol. The van der Waals surface area contributed by atoms with Crippen LogP contribution < -0.4 is 10.1 Å². The van der Waals surface area contributed by atoms with Gasteiger partial charge in [-0.25, -0.2) is 0 Å². The summed E-state index contributed by atoms with van der Waals surface area (Å²) < 4.78 is 10.7. The van der Waals surface area contributed by atoms with E-state index in [1.54, 1.807) is 7.11 Å². The lowest BCUT2D eigenvalue weighted by Crippen LogP contribution is -2.33. The maximum absolute atomic E-state index is 5.41. The third-order valence-corrected chi connectivity index (χ3v) is 3.49. The molecule has 100 valence electrons. The van der Waals surface area contributed by atoms with Crippen LogP contribution in [0, 0.1) is 12.8 Å². The van der Waals surface area contributed by atoms with Crippen molar-refractivity contribution in [3.05, 3.63) is 23.5 Å². The molecule has 0 bridgehead atoms. The number of nitrogens with zero attached hydrogens (tertiary/aromatic N) is 1. The predicted octanol–water partition coefficient (Wildman–Crippen LogP) is 1.91. The molecule has 1 fully saturated rings. The Bertz CT molecular complexity index is 389. The Morgan fingerprint density at radius 3 is 3.06 bits per heavy atom. The zero-order chi connectivity index (χ0) is 13.0. The van der Waals surface area contributed by atoms with Crippen LogP contribution >= 0.6 is 0 Å². The van der Waals surface area contributed by atoms with Gasteiger partial charge in [0.2, 0.25) is 0 Å². The smallest absolute Gasteiger partial charge is 0.122 e. The second-order valence-electron chi connectivity index (χ2n) is 4.93. The van der Waals surface area contributed by atoms with Crippen LogP contribution in [0.3, 0.4) is 0 Å². The number of methoxy groups -OCH3 is 1. The van der Waals surface area contributed by atoms with Gasteiger partial charge in [0.05, 0.1) is 19.4 Å². The van der Waals surface area contributed by atoms with E-state index in [0.29, 0.717) is 12.0 Å². The van der Waals surface area contributed by atoms with Crippen molar-refractivity contribution < 1.29 is 9.47 Å². The Labute approximate surface area is 109 Å². The van der Waals surface area contributed by atoms with E-state index in [1.807, 2.05) is 19.1 Å². The van der Waals surface area contributed by atoms with Crippen molar-refractivity contribution in [2.45, 2.75) is 32.9 Å². The fraction of sp³-hybridized carbons (Fsp3) is 0.643. The maximum atomic E-state index is 5.41. The van der Waals surface area contributed by atoms with Crippen LogP contribution in [0.1, 0.15) is 24.7 Å². The van der Waals surface area contributed by atoms with Crippen molar-refractivity contribution in [3.8, 4) is 5.75 Å². The quantitative estimate of drug-likeness (QED) is 0.867. The molecule has 4 nitrogen and oxygen atoms in total. The summed E-state index contributed by atoms with van der Waals surface area (Å²) in [6.45, 7) is 6.74. The molecule has 0 saturated carbocycles. The lowest BCUT2D eigenvalue weighted by molar-refractivity contribution is 0.178. The molecule has 4 heteroatoms. The van der Waals surface area contributed by atoms with Crippen molar-refractivity contribution in [2.75, 3.05) is 20.3 Å². The number of pyridine rings is 1. The molecule has 1 saturated heterocycles. The van der Waals surface area contributed by atoms with Crippen LogP contribution in [0.25, 0.3) is 0 Å². The summed E-state index contributed by atoms with van der Waals surface area (Å²) >= 11 is 0. The third-order valence-electron chi connectivity index (χ3n) is 3.49. The molecule has 2 atom stereocenters. The summed E-state index contributed by atoms with van der Waals surface area (Å²) in [6, 6.07) is 4.39. The van der Waals surface area contributed by atoms with Crippen LogP contribution in [-0.2, 0) is 11.3 Å². The molecular formula is C14H22N2O2. The molecule has 0 aliphatic carbocycles. The Hall–Kier alpha value is -1.13. The maximum Gasteiger partial charge on any atom is 0.122 e. The topological polar surface area (TPSA) is 43.4 Å². The summed E-state index contributed by atoms with van der Waals surface area (Å²) in [7, 11) is 1.68. The number of hydrogen-bond acceptors (Lipinski definition) is 4. The van der Waals surface area contributed by atoms with Gasteiger partial charge in [-0.05, 0) is 26.2 Å². The summed E-state index contributed by atoms with van der Waals surface area (Å²) in [4.78, 5) is 4.51. The van der Waals surface area contributed by atoms with Gasteiger partial charge in [0.1, 0.15) is 5.75 Å². The van der Waals surface area contributed by atoms with Gasteiger partial charge in [-0.15, -0.1) is 0 Å². The van der Waals surface area contributed by atoms with Crippen LogP contribution in [0.15, 0.2) is 12.1 Å². The molecule has 0 amide bonds. The van der Waals surface area contributed by atoms with E-state index in [2.05, 4.69) is 17.2 Å². The van der Waals surface area contributed by atoms with Crippen molar-refractivity contribution in [3.63, 3.8) is 0 Å².